The van der Waals surface area contributed by atoms with Crippen LogP contribution >= 0.6 is 0 Å². The van der Waals surface area contributed by atoms with Crippen molar-refractivity contribution in [3.63, 3.8) is 0 Å². The first-order chi connectivity index (χ1) is 8.06. The molecule has 0 aliphatic rings. The molecule has 0 unspecified atom stereocenters. The second kappa shape index (κ2) is 5.94. The SMILES string of the molecule is CC(C)CCNc1ncnc(NN)c1[N+](=O)[O-]. The lowest BCUT2D eigenvalue weighted by molar-refractivity contribution is -0.383. The lowest BCUT2D eigenvalue weighted by Crippen LogP contribution is -2.14. The molecule has 1 aromatic heterocycles. The molecule has 0 spiro atoms. The maximum atomic E-state index is 10.9. The zero-order chi connectivity index (χ0) is 12.8. The fraction of sp³-hybridized carbons (Fsp3) is 0.556. The highest BCUT2D eigenvalue weighted by Gasteiger charge is 2.21. The third-order valence-corrected chi connectivity index (χ3v) is 2.16. The second-order valence-corrected chi connectivity index (χ2v) is 3.93. The molecule has 0 aromatic carbocycles. The molecule has 1 rings (SSSR count). The van der Waals surface area contributed by atoms with E-state index in [4.69, 9.17) is 5.84 Å². The Balaban J connectivity index is 2.87. The summed E-state index contributed by atoms with van der Waals surface area (Å²) in [6, 6.07) is 0. The zero-order valence-electron chi connectivity index (χ0n) is 9.80. The maximum Gasteiger partial charge on any atom is 0.354 e. The van der Waals surface area contributed by atoms with Crippen molar-refractivity contribution in [3.8, 4) is 0 Å². The van der Waals surface area contributed by atoms with Crippen LogP contribution in [0, 0.1) is 16.0 Å². The highest BCUT2D eigenvalue weighted by atomic mass is 16.6. The van der Waals surface area contributed by atoms with Gasteiger partial charge in [0.15, 0.2) is 0 Å². The molecule has 0 saturated carbocycles. The summed E-state index contributed by atoms with van der Waals surface area (Å²) in [4.78, 5) is 17.9. The van der Waals surface area contributed by atoms with Crippen LogP contribution in [0.3, 0.4) is 0 Å². The minimum atomic E-state index is -0.563. The number of hydrazine groups is 1. The standard InChI is InChI=1S/C9H16N6O2/c1-6(2)3-4-11-8-7(15(16)17)9(14-10)13-5-12-8/h5-6H,3-4,10H2,1-2H3,(H2,11,12,13,14). The van der Waals surface area contributed by atoms with Crippen LogP contribution < -0.4 is 16.6 Å². The van der Waals surface area contributed by atoms with Crippen molar-refractivity contribution >= 4 is 17.3 Å². The number of hydrogen-bond donors (Lipinski definition) is 3. The number of nitro groups is 1. The maximum absolute atomic E-state index is 10.9. The molecule has 17 heavy (non-hydrogen) atoms. The van der Waals surface area contributed by atoms with Gasteiger partial charge in [-0.2, -0.15) is 0 Å². The van der Waals surface area contributed by atoms with Crippen LogP contribution in [0.4, 0.5) is 17.3 Å². The van der Waals surface area contributed by atoms with Crippen molar-refractivity contribution in [2.24, 2.45) is 11.8 Å². The van der Waals surface area contributed by atoms with Gasteiger partial charge >= 0.3 is 5.69 Å². The fourth-order valence-electron chi connectivity index (χ4n) is 1.27. The van der Waals surface area contributed by atoms with Crippen molar-refractivity contribution in [1.82, 2.24) is 9.97 Å². The van der Waals surface area contributed by atoms with Gasteiger partial charge in [0.05, 0.1) is 4.92 Å². The lowest BCUT2D eigenvalue weighted by atomic mass is 10.1. The molecule has 0 bridgehead atoms. The smallest absolute Gasteiger partial charge is 0.354 e. The van der Waals surface area contributed by atoms with Crippen molar-refractivity contribution in [2.75, 3.05) is 17.3 Å². The van der Waals surface area contributed by atoms with Gasteiger partial charge in [0.25, 0.3) is 0 Å². The van der Waals surface area contributed by atoms with E-state index in [0.29, 0.717) is 12.5 Å². The average molecular weight is 240 g/mol. The van der Waals surface area contributed by atoms with Crippen LogP contribution in [-0.4, -0.2) is 21.4 Å². The van der Waals surface area contributed by atoms with Gasteiger partial charge in [-0.15, -0.1) is 0 Å². The minimum Gasteiger partial charge on any atom is -0.364 e. The molecule has 0 aliphatic carbocycles. The highest BCUT2D eigenvalue weighted by molar-refractivity contribution is 5.68. The summed E-state index contributed by atoms with van der Waals surface area (Å²) in [7, 11) is 0. The van der Waals surface area contributed by atoms with Gasteiger partial charge in [-0.05, 0) is 12.3 Å². The van der Waals surface area contributed by atoms with Crippen LogP contribution in [0.1, 0.15) is 20.3 Å². The minimum absolute atomic E-state index is 0.00273. The number of nitrogen functional groups attached to an aromatic ring is 1. The topological polar surface area (TPSA) is 119 Å². The summed E-state index contributed by atoms with van der Waals surface area (Å²) in [5.41, 5.74) is 1.95. The summed E-state index contributed by atoms with van der Waals surface area (Å²) in [5, 5.41) is 13.8. The lowest BCUT2D eigenvalue weighted by Gasteiger charge is -2.09. The molecule has 0 radical (unpaired) electrons. The molecule has 0 amide bonds. The zero-order valence-corrected chi connectivity index (χ0v) is 9.80. The van der Waals surface area contributed by atoms with E-state index in [-0.39, 0.29) is 17.3 Å². The van der Waals surface area contributed by atoms with Crippen molar-refractivity contribution in [1.29, 1.82) is 0 Å². The van der Waals surface area contributed by atoms with Gasteiger partial charge < -0.3 is 10.7 Å². The number of nitrogens with zero attached hydrogens (tertiary/aromatic N) is 3. The summed E-state index contributed by atoms with van der Waals surface area (Å²) < 4.78 is 0. The van der Waals surface area contributed by atoms with E-state index >= 15 is 0 Å². The Morgan fingerprint density at radius 3 is 2.65 bits per heavy atom. The normalized spacial score (nSPS) is 10.4. The van der Waals surface area contributed by atoms with Gasteiger partial charge in [-0.25, -0.2) is 15.8 Å². The molecule has 8 heteroatoms. The number of nitrogens with one attached hydrogen (secondary N) is 2. The van der Waals surface area contributed by atoms with E-state index < -0.39 is 4.92 Å². The largest absolute Gasteiger partial charge is 0.364 e. The van der Waals surface area contributed by atoms with Crippen LogP contribution in [0.2, 0.25) is 0 Å². The number of nitrogens with two attached hydrogens (primary N) is 1. The van der Waals surface area contributed by atoms with Crippen molar-refractivity contribution < 1.29 is 4.92 Å². The van der Waals surface area contributed by atoms with Gasteiger partial charge in [-0.1, -0.05) is 13.8 Å². The van der Waals surface area contributed by atoms with Crippen molar-refractivity contribution in [2.45, 2.75) is 20.3 Å². The first-order valence-electron chi connectivity index (χ1n) is 5.26. The molecule has 0 aliphatic heterocycles. The van der Waals surface area contributed by atoms with Crippen LogP contribution in [0.15, 0.2) is 6.33 Å². The quantitative estimate of drug-likeness (QED) is 0.387. The Morgan fingerprint density at radius 2 is 2.12 bits per heavy atom. The molecular weight excluding hydrogens is 224 g/mol. The molecule has 0 fully saturated rings. The molecular formula is C9H16N6O2. The Kier molecular flexibility index (Phi) is 4.58. The number of anilines is 2. The molecule has 1 aromatic rings. The monoisotopic (exact) mass is 240 g/mol. The Hall–Kier alpha value is -1.96. The third kappa shape index (κ3) is 3.52. The van der Waals surface area contributed by atoms with Gasteiger partial charge in [-0.3, -0.25) is 10.1 Å². The third-order valence-electron chi connectivity index (χ3n) is 2.16. The van der Waals surface area contributed by atoms with E-state index in [1.165, 1.54) is 6.33 Å². The molecule has 0 atom stereocenters. The van der Waals surface area contributed by atoms with Gasteiger partial charge in [0.1, 0.15) is 6.33 Å². The molecule has 1 heterocycles. The van der Waals surface area contributed by atoms with Crippen LogP contribution in [0.5, 0.6) is 0 Å². The van der Waals surface area contributed by atoms with Gasteiger partial charge in [0.2, 0.25) is 11.6 Å². The summed E-state index contributed by atoms with van der Waals surface area (Å²) >= 11 is 0. The molecule has 0 saturated heterocycles. The average Bonchev–Trinajstić information content (AvgIpc) is 2.27. The Labute approximate surface area is 98.8 Å². The van der Waals surface area contributed by atoms with Crippen molar-refractivity contribution in [3.05, 3.63) is 16.4 Å². The molecule has 8 nitrogen and oxygen atoms in total. The van der Waals surface area contributed by atoms with E-state index in [9.17, 15) is 10.1 Å². The Bertz CT molecular complexity index is 395. The van der Waals surface area contributed by atoms with E-state index in [1.807, 2.05) is 0 Å². The van der Waals surface area contributed by atoms with Gasteiger partial charge in [0, 0.05) is 6.54 Å². The first-order valence-corrected chi connectivity index (χ1v) is 5.26. The fourth-order valence-corrected chi connectivity index (χ4v) is 1.27. The second-order valence-electron chi connectivity index (χ2n) is 3.93. The molecule has 4 N–H and O–H groups in total. The molecule has 94 valence electrons. The number of rotatable bonds is 6. The first kappa shape index (κ1) is 13.1. The summed E-state index contributed by atoms with van der Waals surface area (Å²) in [6.07, 6.45) is 2.12. The summed E-state index contributed by atoms with van der Waals surface area (Å²) in [6.45, 7) is 4.76. The predicted octanol–water partition coefficient (Wildman–Crippen LogP) is 1.13. The predicted molar refractivity (Wildman–Crippen MR) is 64.4 cm³/mol. The van der Waals surface area contributed by atoms with E-state index in [0.717, 1.165) is 6.42 Å². The number of aromatic nitrogens is 2. The highest BCUT2D eigenvalue weighted by Crippen LogP contribution is 2.27. The Morgan fingerprint density at radius 1 is 1.47 bits per heavy atom. The van der Waals surface area contributed by atoms with E-state index in [2.05, 4.69) is 34.6 Å². The van der Waals surface area contributed by atoms with E-state index in [1.54, 1.807) is 0 Å². The van der Waals surface area contributed by atoms with Crippen LogP contribution in [-0.2, 0) is 0 Å². The van der Waals surface area contributed by atoms with Crippen LogP contribution in [0.25, 0.3) is 0 Å². The number of hydrogen-bond acceptors (Lipinski definition) is 7. The summed E-state index contributed by atoms with van der Waals surface area (Å²) in [5.74, 6) is 5.85.